The average Bonchev–Trinajstić information content (AvgIpc) is 3.07. The first-order valence-electron chi connectivity index (χ1n) is 10.1. The Morgan fingerprint density at radius 1 is 1.03 bits per heavy atom. The highest BCUT2D eigenvalue weighted by Crippen LogP contribution is 2.28. The third kappa shape index (κ3) is 4.13. The highest BCUT2D eigenvalue weighted by molar-refractivity contribution is 7.89. The molecule has 0 radical (unpaired) electrons. The third-order valence-corrected chi connectivity index (χ3v) is 7.64. The van der Waals surface area contributed by atoms with Gasteiger partial charge in [0.15, 0.2) is 6.61 Å². The molecule has 0 saturated carbocycles. The molecule has 0 N–H and O–H groups in total. The Morgan fingerprint density at radius 3 is 2.42 bits per heavy atom. The van der Waals surface area contributed by atoms with Gasteiger partial charge >= 0.3 is 0 Å². The Hall–Kier alpha value is -2.97. The number of rotatable bonds is 5. The van der Waals surface area contributed by atoms with Gasteiger partial charge < -0.3 is 4.74 Å². The Bertz CT molecular complexity index is 1230. The van der Waals surface area contributed by atoms with Crippen LogP contribution < -0.4 is 4.74 Å². The van der Waals surface area contributed by atoms with E-state index in [-0.39, 0.29) is 11.5 Å². The van der Waals surface area contributed by atoms with Crippen LogP contribution in [-0.4, -0.2) is 41.6 Å². The lowest BCUT2D eigenvalue weighted by atomic mass is 10.0. The quantitative estimate of drug-likeness (QED) is 0.609. The van der Waals surface area contributed by atoms with Crippen LogP contribution in [0.5, 0.6) is 5.75 Å². The van der Waals surface area contributed by atoms with Gasteiger partial charge in [0.05, 0.1) is 11.4 Å². The maximum absolute atomic E-state index is 13.4. The van der Waals surface area contributed by atoms with Crippen LogP contribution in [0.4, 0.5) is 0 Å². The molecule has 31 heavy (non-hydrogen) atoms. The summed E-state index contributed by atoms with van der Waals surface area (Å²) in [6.07, 6.45) is 0.658. The summed E-state index contributed by atoms with van der Waals surface area (Å²) in [5, 5.41) is 4.22. The van der Waals surface area contributed by atoms with Gasteiger partial charge in [0.25, 0.3) is 5.91 Å². The van der Waals surface area contributed by atoms with Gasteiger partial charge in [-0.25, -0.2) is 13.1 Å². The highest BCUT2D eigenvalue weighted by atomic mass is 32.2. The summed E-state index contributed by atoms with van der Waals surface area (Å²) in [6.45, 7) is 5.66. The number of hydrogen-bond donors (Lipinski definition) is 0. The molecule has 0 spiro atoms. The van der Waals surface area contributed by atoms with Crippen molar-refractivity contribution in [1.29, 1.82) is 0 Å². The maximum atomic E-state index is 13.4. The monoisotopic (exact) mass is 439 g/mol. The summed E-state index contributed by atoms with van der Waals surface area (Å²) < 4.78 is 35.0. The minimum Gasteiger partial charge on any atom is -0.484 e. The number of carbonyl (C=O) groups is 1. The van der Waals surface area contributed by atoms with Crippen LogP contribution in [0.15, 0.2) is 53.4 Å². The van der Waals surface area contributed by atoms with Crippen molar-refractivity contribution >= 4 is 15.9 Å². The molecular formula is C23H25N3O4S. The van der Waals surface area contributed by atoms with E-state index in [0.29, 0.717) is 36.6 Å². The normalized spacial score (nSPS) is 14.3. The smallest absolute Gasteiger partial charge is 0.285 e. The molecule has 4 rings (SSSR count). The number of hydrogen-bond acceptors (Lipinski definition) is 5. The lowest BCUT2D eigenvalue weighted by molar-refractivity contribution is 0.0818. The average molecular weight is 440 g/mol. The van der Waals surface area contributed by atoms with Crippen molar-refractivity contribution in [3.8, 4) is 5.75 Å². The minimum absolute atomic E-state index is 0.0931. The SMILES string of the molecule is Cc1ccc(OCC(=O)n2nc(C)c(S(=O)(=O)N3CCc4ccccc4C3)c2C)cc1. The zero-order chi connectivity index (χ0) is 22.2. The van der Waals surface area contributed by atoms with Gasteiger partial charge in [0.2, 0.25) is 10.0 Å². The van der Waals surface area contributed by atoms with Crippen LogP contribution in [0.2, 0.25) is 0 Å². The summed E-state index contributed by atoms with van der Waals surface area (Å²) in [4.78, 5) is 12.8. The van der Waals surface area contributed by atoms with Gasteiger partial charge in [-0.3, -0.25) is 4.79 Å². The maximum Gasteiger partial charge on any atom is 0.285 e. The number of carbonyl (C=O) groups excluding carboxylic acids is 1. The summed E-state index contributed by atoms with van der Waals surface area (Å²) in [5.74, 6) is 0.145. The van der Waals surface area contributed by atoms with E-state index in [1.807, 2.05) is 43.3 Å². The molecule has 0 unspecified atom stereocenters. The second-order valence-electron chi connectivity index (χ2n) is 7.76. The number of benzene rings is 2. The Morgan fingerprint density at radius 2 is 1.71 bits per heavy atom. The predicted octanol–water partition coefficient (Wildman–Crippen LogP) is 3.27. The van der Waals surface area contributed by atoms with E-state index in [0.717, 1.165) is 15.8 Å². The molecule has 162 valence electrons. The van der Waals surface area contributed by atoms with Crippen molar-refractivity contribution < 1.29 is 17.9 Å². The van der Waals surface area contributed by atoms with Gasteiger partial charge in [-0.05, 0) is 50.5 Å². The zero-order valence-electron chi connectivity index (χ0n) is 17.8. The van der Waals surface area contributed by atoms with Gasteiger partial charge in [-0.15, -0.1) is 0 Å². The van der Waals surface area contributed by atoms with E-state index < -0.39 is 15.9 Å². The Labute approximate surface area is 182 Å². The van der Waals surface area contributed by atoms with E-state index >= 15 is 0 Å². The number of ether oxygens (including phenoxy) is 1. The molecule has 3 aromatic rings. The topological polar surface area (TPSA) is 81.5 Å². The van der Waals surface area contributed by atoms with Crippen molar-refractivity contribution in [2.45, 2.75) is 38.6 Å². The molecular weight excluding hydrogens is 414 g/mol. The molecule has 0 saturated heterocycles. The lowest BCUT2D eigenvalue weighted by Gasteiger charge is -2.28. The summed E-state index contributed by atoms with van der Waals surface area (Å²) in [6, 6.07) is 15.2. The van der Waals surface area contributed by atoms with Crippen molar-refractivity contribution in [3.05, 3.63) is 76.6 Å². The van der Waals surface area contributed by atoms with E-state index in [9.17, 15) is 13.2 Å². The van der Waals surface area contributed by atoms with Crippen LogP contribution in [-0.2, 0) is 23.0 Å². The molecule has 2 heterocycles. The molecule has 8 heteroatoms. The fraction of sp³-hybridized carbons (Fsp3) is 0.304. The third-order valence-electron chi connectivity index (χ3n) is 5.54. The Kier molecular flexibility index (Phi) is 5.68. The lowest BCUT2D eigenvalue weighted by Crippen LogP contribution is -2.36. The van der Waals surface area contributed by atoms with Crippen molar-refractivity contribution in [2.75, 3.05) is 13.2 Å². The molecule has 0 amide bonds. The molecule has 1 aliphatic rings. The summed E-state index contributed by atoms with van der Waals surface area (Å²) in [7, 11) is -3.79. The molecule has 1 aliphatic heterocycles. The fourth-order valence-electron chi connectivity index (χ4n) is 3.89. The Balaban J connectivity index is 1.56. The molecule has 2 aromatic carbocycles. The molecule has 1 aromatic heterocycles. The largest absolute Gasteiger partial charge is 0.484 e. The minimum atomic E-state index is -3.79. The molecule has 0 fully saturated rings. The number of aryl methyl sites for hydroxylation is 2. The second-order valence-corrected chi connectivity index (χ2v) is 9.64. The number of sulfonamides is 1. The first kappa shape index (κ1) is 21.3. The second kappa shape index (κ2) is 8.28. The van der Waals surface area contributed by atoms with Crippen LogP contribution in [0.25, 0.3) is 0 Å². The van der Waals surface area contributed by atoms with E-state index in [1.165, 1.54) is 9.87 Å². The number of nitrogens with zero attached hydrogens (tertiary/aromatic N) is 3. The van der Waals surface area contributed by atoms with E-state index in [4.69, 9.17) is 4.74 Å². The predicted molar refractivity (Wildman–Crippen MR) is 117 cm³/mol. The van der Waals surface area contributed by atoms with Crippen LogP contribution >= 0.6 is 0 Å². The van der Waals surface area contributed by atoms with Crippen LogP contribution in [0, 0.1) is 20.8 Å². The zero-order valence-corrected chi connectivity index (χ0v) is 18.6. The van der Waals surface area contributed by atoms with E-state index in [1.54, 1.807) is 26.0 Å². The van der Waals surface area contributed by atoms with Crippen LogP contribution in [0.3, 0.4) is 0 Å². The first-order chi connectivity index (χ1) is 14.8. The standard InChI is InChI=1S/C23H25N3O4S/c1-16-8-10-21(11-9-16)30-15-22(27)26-18(3)23(17(2)24-26)31(28,29)25-13-12-19-6-4-5-7-20(19)14-25/h4-11H,12-15H2,1-3H3. The number of fused-ring (bicyclic) bond motifs is 1. The van der Waals surface area contributed by atoms with Gasteiger partial charge in [-0.2, -0.15) is 9.40 Å². The summed E-state index contributed by atoms with van der Waals surface area (Å²) >= 11 is 0. The molecule has 0 bridgehead atoms. The van der Waals surface area contributed by atoms with Gasteiger partial charge in [0, 0.05) is 13.1 Å². The highest BCUT2D eigenvalue weighted by Gasteiger charge is 2.34. The van der Waals surface area contributed by atoms with Gasteiger partial charge in [-0.1, -0.05) is 42.0 Å². The fourth-order valence-corrected chi connectivity index (χ4v) is 5.66. The van der Waals surface area contributed by atoms with Crippen molar-refractivity contribution in [2.24, 2.45) is 0 Å². The molecule has 0 aliphatic carbocycles. The number of aromatic nitrogens is 2. The van der Waals surface area contributed by atoms with Crippen LogP contribution in [0.1, 0.15) is 32.9 Å². The molecule has 0 atom stereocenters. The van der Waals surface area contributed by atoms with Crippen molar-refractivity contribution in [1.82, 2.24) is 14.1 Å². The first-order valence-corrected chi connectivity index (χ1v) is 11.6. The van der Waals surface area contributed by atoms with Gasteiger partial charge in [0.1, 0.15) is 10.6 Å². The summed E-state index contributed by atoms with van der Waals surface area (Å²) in [5.41, 5.74) is 3.87. The molecule has 7 nitrogen and oxygen atoms in total. The van der Waals surface area contributed by atoms with E-state index in [2.05, 4.69) is 5.10 Å². The van der Waals surface area contributed by atoms with Crippen molar-refractivity contribution in [3.63, 3.8) is 0 Å².